The van der Waals surface area contributed by atoms with Crippen LogP contribution >= 0.6 is 0 Å². The van der Waals surface area contributed by atoms with Gasteiger partial charge in [-0.3, -0.25) is 5.43 Å². The van der Waals surface area contributed by atoms with Gasteiger partial charge >= 0.3 is 6.09 Å². The second kappa shape index (κ2) is 7.94. The summed E-state index contributed by atoms with van der Waals surface area (Å²) in [7, 11) is 0. The third kappa shape index (κ3) is 3.87. The van der Waals surface area contributed by atoms with Crippen LogP contribution in [0.1, 0.15) is 56.2 Å². The highest BCUT2D eigenvalue weighted by Gasteiger charge is 2.41. The Morgan fingerprint density at radius 1 is 1.19 bits per heavy atom. The zero-order valence-electron chi connectivity index (χ0n) is 15.4. The molecule has 0 radical (unpaired) electrons. The molecule has 26 heavy (non-hydrogen) atoms. The van der Waals surface area contributed by atoms with Crippen LogP contribution in [0.2, 0.25) is 0 Å². The SMILES string of the molecule is CCC1CCOC2CCC3NNC(c4cccc(c4)COC(=O)N1)C3C2. The van der Waals surface area contributed by atoms with Crippen LogP contribution in [-0.4, -0.2) is 30.9 Å². The number of ether oxygens (including phenoxy) is 2. The molecule has 4 bridgehead atoms. The van der Waals surface area contributed by atoms with Crippen LogP contribution in [0, 0.1) is 5.92 Å². The maximum Gasteiger partial charge on any atom is 0.407 e. The third-order valence-corrected chi connectivity index (χ3v) is 6.02. The molecule has 2 aliphatic heterocycles. The number of carbonyl (C=O) groups excluding carboxylic acids is 1. The molecule has 3 N–H and O–H groups in total. The Morgan fingerprint density at radius 2 is 2.12 bits per heavy atom. The highest BCUT2D eigenvalue weighted by Crippen LogP contribution is 2.39. The summed E-state index contributed by atoms with van der Waals surface area (Å²) in [6, 6.07) is 9.23. The lowest BCUT2D eigenvalue weighted by molar-refractivity contribution is 0.00394. The number of carbonyl (C=O) groups is 1. The minimum absolute atomic E-state index is 0.0952. The molecule has 3 aliphatic rings. The Hall–Kier alpha value is -1.63. The molecule has 6 heteroatoms. The monoisotopic (exact) mass is 359 g/mol. The predicted molar refractivity (Wildman–Crippen MR) is 98.3 cm³/mol. The molecule has 2 fully saturated rings. The van der Waals surface area contributed by atoms with Gasteiger partial charge in [-0.15, -0.1) is 0 Å². The van der Waals surface area contributed by atoms with E-state index in [-0.39, 0.29) is 18.2 Å². The van der Waals surface area contributed by atoms with Gasteiger partial charge in [0.05, 0.1) is 12.1 Å². The van der Waals surface area contributed by atoms with Gasteiger partial charge in [0.25, 0.3) is 0 Å². The number of alkyl carbamates (subject to hydrolysis) is 1. The molecule has 0 spiro atoms. The van der Waals surface area contributed by atoms with Gasteiger partial charge in [0.15, 0.2) is 0 Å². The van der Waals surface area contributed by atoms with Crippen LogP contribution in [0.25, 0.3) is 0 Å². The number of cyclic esters (lactones) is 1. The summed E-state index contributed by atoms with van der Waals surface area (Å²) in [5, 5.41) is 2.96. The summed E-state index contributed by atoms with van der Waals surface area (Å²) < 4.78 is 11.6. The molecule has 0 aromatic heterocycles. The average molecular weight is 359 g/mol. The van der Waals surface area contributed by atoms with Crippen LogP contribution in [0.15, 0.2) is 24.3 Å². The van der Waals surface area contributed by atoms with Gasteiger partial charge in [-0.05, 0) is 49.1 Å². The smallest absolute Gasteiger partial charge is 0.407 e. The number of fused-ring (bicyclic) bond motifs is 4. The maximum absolute atomic E-state index is 12.1. The van der Waals surface area contributed by atoms with Crippen molar-refractivity contribution in [2.24, 2.45) is 5.92 Å². The number of hydrogen-bond donors (Lipinski definition) is 3. The first-order chi connectivity index (χ1) is 12.7. The first kappa shape index (κ1) is 17.8. The molecule has 1 aliphatic carbocycles. The first-order valence-corrected chi connectivity index (χ1v) is 9.87. The molecule has 5 unspecified atom stereocenters. The van der Waals surface area contributed by atoms with E-state index in [1.807, 2.05) is 12.1 Å². The van der Waals surface area contributed by atoms with Crippen molar-refractivity contribution in [1.82, 2.24) is 16.2 Å². The van der Waals surface area contributed by atoms with Gasteiger partial charge in [0.2, 0.25) is 0 Å². The summed E-state index contributed by atoms with van der Waals surface area (Å²) in [5.41, 5.74) is 9.23. The zero-order chi connectivity index (χ0) is 17.9. The van der Waals surface area contributed by atoms with Crippen molar-refractivity contribution < 1.29 is 14.3 Å². The molecule has 2 heterocycles. The predicted octanol–water partition coefficient (Wildman–Crippen LogP) is 2.80. The van der Waals surface area contributed by atoms with E-state index < -0.39 is 0 Å². The Bertz CT molecular complexity index is 638. The fourth-order valence-corrected chi connectivity index (χ4v) is 4.49. The number of hydrogen-bond acceptors (Lipinski definition) is 5. The number of hydrazine groups is 1. The molecule has 1 saturated heterocycles. The number of rotatable bonds is 1. The van der Waals surface area contributed by atoms with Crippen molar-refractivity contribution in [1.29, 1.82) is 0 Å². The molecule has 6 nitrogen and oxygen atoms in total. The third-order valence-electron chi connectivity index (χ3n) is 6.02. The molecular formula is C20H29N3O3. The lowest BCUT2D eigenvalue weighted by Crippen LogP contribution is -2.38. The van der Waals surface area contributed by atoms with Gasteiger partial charge in [0.1, 0.15) is 6.61 Å². The highest BCUT2D eigenvalue weighted by atomic mass is 16.5. The van der Waals surface area contributed by atoms with Crippen molar-refractivity contribution in [3.63, 3.8) is 0 Å². The number of nitrogens with one attached hydrogen (secondary N) is 3. The number of benzene rings is 1. The first-order valence-electron chi connectivity index (χ1n) is 9.87. The second-order valence-electron chi connectivity index (χ2n) is 7.70. The van der Waals surface area contributed by atoms with Crippen LogP contribution in [-0.2, 0) is 16.1 Å². The van der Waals surface area contributed by atoms with Crippen molar-refractivity contribution in [3.05, 3.63) is 35.4 Å². The van der Waals surface area contributed by atoms with Crippen molar-refractivity contribution in [3.8, 4) is 0 Å². The van der Waals surface area contributed by atoms with E-state index in [4.69, 9.17) is 9.47 Å². The van der Waals surface area contributed by atoms with Crippen LogP contribution in [0.3, 0.4) is 0 Å². The van der Waals surface area contributed by atoms with Crippen LogP contribution < -0.4 is 16.2 Å². The Labute approximate surface area is 155 Å². The Balaban J connectivity index is 1.57. The van der Waals surface area contributed by atoms with Crippen molar-refractivity contribution in [2.45, 2.75) is 69.9 Å². The molecule has 1 saturated carbocycles. The maximum atomic E-state index is 12.1. The molecule has 1 aromatic rings. The van der Waals surface area contributed by atoms with Gasteiger partial charge in [-0.1, -0.05) is 31.2 Å². The van der Waals surface area contributed by atoms with Crippen LogP contribution in [0.4, 0.5) is 4.79 Å². The lowest BCUT2D eigenvalue weighted by Gasteiger charge is -2.33. The topological polar surface area (TPSA) is 71.6 Å². The molecular weight excluding hydrogens is 330 g/mol. The van der Waals surface area contributed by atoms with Crippen molar-refractivity contribution in [2.75, 3.05) is 6.61 Å². The number of amides is 1. The van der Waals surface area contributed by atoms with Crippen molar-refractivity contribution >= 4 is 6.09 Å². The Morgan fingerprint density at radius 3 is 3.00 bits per heavy atom. The molecule has 142 valence electrons. The average Bonchev–Trinajstić information content (AvgIpc) is 3.08. The molecule has 4 rings (SSSR count). The van der Waals surface area contributed by atoms with Gasteiger partial charge in [-0.2, -0.15) is 0 Å². The summed E-state index contributed by atoms with van der Waals surface area (Å²) in [4.78, 5) is 12.1. The lowest BCUT2D eigenvalue weighted by atomic mass is 9.78. The quantitative estimate of drug-likeness (QED) is 0.719. The standard InChI is InChI=1S/C20H29N3O3/c1-2-15-8-9-25-16-6-7-18-17(11-16)19(23-22-18)14-5-3-4-13(10-14)12-26-20(24)21-15/h3-5,10,15-19,22-23H,2,6-9,11-12H2,1H3,(H,21,24). The van der Waals surface area contributed by atoms with E-state index in [1.165, 1.54) is 5.56 Å². The van der Waals surface area contributed by atoms with Gasteiger partial charge < -0.3 is 14.8 Å². The van der Waals surface area contributed by atoms with E-state index in [9.17, 15) is 4.79 Å². The zero-order valence-corrected chi connectivity index (χ0v) is 15.4. The summed E-state index contributed by atoms with van der Waals surface area (Å²) in [6.45, 7) is 3.05. The van der Waals surface area contributed by atoms with Gasteiger partial charge in [-0.25, -0.2) is 10.2 Å². The fourth-order valence-electron chi connectivity index (χ4n) is 4.49. The normalized spacial score (nSPS) is 35.0. The highest BCUT2D eigenvalue weighted by molar-refractivity contribution is 5.67. The molecule has 1 aromatic carbocycles. The van der Waals surface area contributed by atoms with E-state index in [0.717, 1.165) is 37.7 Å². The summed E-state index contributed by atoms with van der Waals surface area (Å²) >= 11 is 0. The van der Waals surface area contributed by atoms with E-state index in [1.54, 1.807) is 0 Å². The fraction of sp³-hybridized carbons (Fsp3) is 0.650. The minimum Gasteiger partial charge on any atom is -0.445 e. The van der Waals surface area contributed by atoms with E-state index in [2.05, 4.69) is 35.2 Å². The van der Waals surface area contributed by atoms with Crippen LogP contribution in [0.5, 0.6) is 0 Å². The largest absolute Gasteiger partial charge is 0.445 e. The second-order valence-corrected chi connectivity index (χ2v) is 7.70. The van der Waals surface area contributed by atoms with E-state index in [0.29, 0.717) is 31.3 Å². The summed E-state index contributed by atoms with van der Waals surface area (Å²) in [5.74, 6) is 0.525. The Kier molecular flexibility index (Phi) is 5.43. The minimum atomic E-state index is -0.350. The molecule has 5 atom stereocenters. The van der Waals surface area contributed by atoms with E-state index >= 15 is 0 Å². The van der Waals surface area contributed by atoms with Gasteiger partial charge in [0, 0.05) is 18.7 Å². The summed E-state index contributed by atoms with van der Waals surface area (Å²) in [6.07, 6.45) is 4.95. The molecule has 1 amide bonds.